The summed E-state index contributed by atoms with van der Waals surface area (Å²) in [6.07, 6.45) is 3.12. The van der Waals surface area contributed by atoms with Gasteiger partial charge in [-0.3, -0.25) is 14.9 Å². The van der Waals surface area contributed by atoms with Crippen molar-refractivity contribution >= 4 is 41.0 Å². The number of nitrogens with one attached hydrogen (secondary N) is 1. The second-order valence-electron chi connectivity index (χ2n) is 5.72. The second-order valence-corrected chi connectivity index (χ2v) is 6.75. The zero-order valence-corrected chi connectivity index (χ0v) is 17.2. The lowest BCUT2D eigenvalue weighted by Gasteiger charge is -2.07. The summed E-state index contributed by atoms with van der Waals surface area (Å²) in [5, 5.41) is 20.4. The summed E-state index contributed by atoms with van der Waals surface area (Å²) in [7, 11) is 1.21. The maximum Gasteiger partial charge on any atom is 0.331 e. The quantitative estimate of drug-likeness (QED) is 0.197. The molecule has 0 spiro atoms. The number of benzene rings is 1. The van der Waals surface area contributed by atoms with Crippen molar-refractivity contribution < 1.29 is 33.7 Å². The van der Waals surface area contributed by atoms with Crippen LogP contribution in [0, 0.1) is 0 Å². The molecule has 1 aromatic carbocycles. The van der Waals surface area contributed by atoms with Gasteiger partial charge in [-0.05, 0) is 37.2 Å². The van der Waals surface area contributed by atoms with E-state index in [4.69, 9.17) is 9.47 Å². The van der Waals surface area contributed by atoms with Crippen LogP contribution in [0.3, 0.4) is 0 Å². The van der Waals surface area contributed by atoms with Crippen LogP contribution in [0.2, 0.25) is 0 Å². The summed E-state index contributed by atoms with van der Waals surface area (Å²) < 4.78 is 14.8. The Kier molecular flexibility index (Phi) is 8.88. The molecule has 10 nitrogen and oxygen atoms in total. The summed E-state index contributed by atoms with van der Waals surface area (Å²) >= 11 is 0.941. The van der Waals surface area contributed by atoms with E-state index in [9.17, 15) is 19.5 Å². The van der Waals surface area contributed by atoms with Crippen LogP contribution in [0.15, 0.2) is 39.4 Å². The number of ether oxygens (including phenoxy) is 3. The second kappa shape index (κ2) is 11.6. The Morgan fingerprint density at radius 1 is 1.33 bits per heavy atom. The Balaban J connectivity index is 1.88. The van der Waals surface area contributed by atoms with Crippen LogP contribution in [-0.4, -0.2) is 54.7 Å². The van der Waals surface area contributed by atoms with Crippen LogP contribution >= 0.6 is 11.8 Å². The maximum absolute atomic E-state index is 11.7. The van der Waals surface area contributed by atoms with E-state index in [0.717, 1.165) is 17.8 Å². The minimum Gasteiger partial charge on any atom is -0.507 e. The first-order chi connectivity index (χ1) is 14.4. The fraction of sp³-hybridized carbons (Fsp3) is 0.316. The van der Waals surface area contributed by atoms with Gasteiger partial charge in [0.05, 0.1) is 31.4 Å². The van der Waals surface area contributed by atoms with E-state index in [2.05, 4.69) is 20.3 Å². The predicted octanol–water partition coefficient (Wildman–Crippen LogP) is 1.72. The lowest BCUT2D eigenvalue weighted by atomic mass is 10.2. The number of esters is 2. The van der Waals surface area contributed by atoms with Crippen LogP contribution in [0.25, 0.3) is 0 Å². The summed E-state index contributed by atoms with van der Waals surface area (Å²) in [6.45, 7) is 2.40. The molecule has 0 aliphatic carbocycles. The summed E-state index contributed by atoms with van der Waals surface area (Å²) in [5.74, 6) is -1.04. The number of thioether (sulfide) groups is 1. The number of phenolic OH excluding ortho intramolecular Hbond substituents is 1. The molecule has 2 N–H and O–H groups in total. The number of rotatable bonds is 9. The highest BCUT2D eigenvalue weighted by Gasteiger charge is 2.25. The van der Waals surface area contributed by atoms with Crippen molar-refractivity contribution in [1.82, 2.24) is 5.32 Å². The van der Waals surface area contributed by atoms with Crippen molar-refractivity contribution in [3.05, 3.63) is 34.7 Å². The molecule has 0 bridgehead atoms. The Bertz CT molecular complexity index is 896. The highest BCUT2D eigenvalue weighted by molar-refractivity contribution is 8.18. The highest BCUT2D eigenvalue weighted by atomic mass is 32.2. The average Bonchev–Trinajstić information content (AvgIpc) is 3.06. The van der Waals surface area contributed by atoms with Gasteiger partial charge < -0.3 is 19.3 Å². The molecule has 0 unspecified atom stereocenters. The van der Waals surface area contributed by atoms with Gasteiger partial charge in [0.2, 0.25) is 0 Å². The number of amides is 1. The molecule has 1 amide bonds. The maximum atomic E-state index is 11.7. The van der Waals surface area contributed by atoms with E-state index in [1.165, 1.54) is 19.4 Å². The van der Waals surface area contributed by atoms with E-state index in [1.807, 2.05) is 0 Å². The number of aromatic hydroxyl groups is 1. The standard InChI is InChI=1S/C19H21N3O7S/c1-3-28-16(24)5-4-8-29-13-7-6-12(14(23)9-13)11-20-22-19-21-18(26)15(30-19)10-17(25)27-2/h6-7,9-11,23H,3-5,8H2,1-2H3,(H,21,22,26)/b15-10+,20-11?. The third-order valence-electron chi connectivity index (χ3n) is 3.55. The third kappa shape index (κ3) is 7.24. The molecule has 1 aromatic rings. The Morgan fingerprint density at radius 2 is 2.13 bits per heavy atom. The lowest BCUT2D eigenvalue weighted by molar-refractivity contribution is -0.143. The number of methoxy groups -OCH3 is 1. The molecule has 160 valence electrons. The van der Waals surface area contributed by atoms with Gasteiger partial charge in [0, 0.05) is 24.1 Å². The molecule has 1 heterocycles. The Morgan fingerprint density at radius 3 is 2.83 bits per heavy atom. The summed E-state index contributed by atoms with van der Waals surface area (Å²) in [6, 6.07) is 4.65. The lowest BCUT2D eigenvalue weighted by Crippen LogP contribution is -2.19. The van der Waals surface area contributed by atoms with E-state index < -0.39 is 11.9 Å². The summed E-state index contributed by atoms with van der Waals surface area (Å²) in [5.41, 5.74) is 0.387. The molecule has 2 rings (SSSR count). The Labute approximate surface area is 177 Å². The smallest absolute Gasteiger partial charge is 0.331 e. The fourth-order valence-corrected chi connectivity index (χ4v) is 2.89. The van der Waals surface area contributed by atoms with Gasteiger partial charge in [-0.1, -0.05) is 0 Å². The predicted molar refractivity (Wildman–Crippen MR) is 110 cm³/mol. The van der Waals surface area contributed by atoms with Crippen molar-refractivity contribution in [2.24, 2.45) is 10.2 Å². The van der Waals surface area contributed by atoms with Crippen molar-refractivity contribution in [3.8, 4) is 11.5 Å². The van der Waals surface area contributed by atoms with Crippen LogP contribution in [0.4, 0.5) is 0 Å². The molecule has 11 heteroatoms. The van der Waals surface area contributed by atoms with Gasteiger partial charge in [-0.25, -0.2) is 4.79 Å². The topological polar surface area (TPSA) is 136 Å². The van der Waals surface area contributed by atoms with Crippen molar-refractivity contribution in [3.63, 3.8) is 0 Å². The number of amidine groups is 1. The van der Waals surface area contributed by atoms with Gasteiger partial charge in [0.1, 0.15) is 11.5 Å². The van der Waals surface area contributed by atoms with Crippen molar-refractivity contribution in [1.29, 1.82) is 0 Å². The summed E-state index contributed by atoms with van der Waals surface area (Å²) in [4.78, 5) is 34.3. The van der Waals surface area contributed by atoms with E-state index in [-0.39, 0.29) is 28.2 Å². The highest BCUT2D eigenvalue weighted by Crippen LogP contribution is 2.24. The molecular weight excluding hydrogens is 414 g/mol. The van der Waals surface area contributed by atoms with Crippen molar-refractivity contribution in [2.75, 3.05) is 20.3 Å². The van der Waals surface area contributed by atoms with Gasteiger partial charge in [-0.15, -0.1) is 5.10 Å². The third-order valence-corrected chi connectivity index (χ3v) is 4.45. The molecule has 1 aliphatic rings. The monoisotopic (exact) mass is 435 g/mol. The normalized spacial score (nSPS) is 16.1. The molecule has 0 saturated carbocycles. The molecular formula is C19H21N3O7S. The molecule has 0 aromatic heterocycles. The van der Waals surface area contributed by atoms with E-state index >= 15 is 0 Å². The molecule has 0 atom stereocenters. The van der Waals surface area contributed by atoms with Gasteiger partial charge >= 0.3 is 11.9 Å². The Hall–Kier alpha value is -3.34. The number of hydrogen-bond donors (Lipinski definition) is 2. The number of carbonyl (C=O) groups excluding carboxylic acids is 3. The molecule has 30 heavy (non-hydrogen) atoms. The minimum atomic E-state index is -0.648. The van der Waals surface area contributed by atoms with Gasteiger partial charge in [0.25, 0.3) is 5.91 Å². The van der Waals surface area contributed by atoms with Crippen LogP contribution in [0.1, 0.15) is 25.3 Å². The zero-order valence-electron chi connectivity index (χ0n) is 16.4. The molecule has 0 radical (unpaired) electrons. The molecule has 1 fully saturated rings. The van der Waals surface area contributed by atoms with Crippen LogP contribution < -0.4 is 10.1 Å². The SMILES string of the molecule is CCOC(=O)CCCOc1ccc(C=N/N=C2/NC(=O)/C(=C\C(=O)OC)S2)c(O)c1. The first-order valence-corrected chi connectivity index (χ1v) is 9.76. The largest absolute Gasteiger partial charge is 0.507 e. The van der Waals surface area contributed by atoms with Gasteiger partial charge in [0.15, 0.2) is 5.17 Å². The number of hydrogen-bond acceptors (Lipinski definition) is 10. The van der Waals surface area contributed by atoms with E-state index in [1.54, 1.807) is 19.1 Å². The first-order valence-electron chi connectivity index (χ1n) is 8.94. The van der Waals surface area contributed by atoms with E-state index in [0.29, 0.717) is 30.9 Å². The minimum absolute atomic E-state index is 0.0729. The molecule has 1 aliphatic heterocycles. The first kappa shape index (κ1) is 22.9. The van der Waals surface area contributed by atoms with Crippen molar-refractivity contribution in [2.45, 2.75) is 19.8 Å². The molecule has 1 saturated heterocycles. The fourth-order valence-electron chi connectivity index (χ4n) is 2.15. The van der Waals surface area contributed by atoms with Gasteiger partial charge in [-0.2, -0.15) is 5.10 Å². The van der Waals surface area contributed by atoms with Crippen LogP contribution in [-0.2, 0) is 23.9 Å². The number of phenols is 1. The average molecular weight is 435 g/mol. The zero-order chi connectivity index (χ0) is 21.9. The number of nitrogens with zero attached hydrogens (tertiary/aromatic N) is 2. The number of carbonyl (C=O) groups is 3. The van der Waals surface area contributed by atoms with Crippen LogP contribution in [0.5, 0.6) is 11.5 Å².